The van der Waals surface area contributed by atoms with E-state index in [0.29, 0.717) is 18.8 Å². The maximum atomic E-state index is 11.7. The maximum Gasteiger partial charge on any atom is 0.156 e. The first-order valence-electron chi connectivity index (χ1n) is 12.8. The summed E-state index contributed by atoms with van der Waals surface area (Å²) in [7, 11) is 0. The number of aldehydes is 2. The average Bonchev–Trinajstić information content (AvgIpc) is 2.75. The Morgan fingerprint density at radius 2 is 1.33 bits per heavy atom. The van der Waals surface area contributed by atoms with E-state index in [2.05, 4.69) is 20.8 Å². The molecule has 0 amide bonds. The normalized spacial score (nSPS) is 15.5. The van der Waals surface area contributed by atoms with Gasteiger partial charge < -0.3 is 9.59 Å². The van der Waals surface area contributed by atoms with Gasteiger partial charge in [-0.3, -0.25) is 0 Å². The molecule has 0 aliphatic carbocycles. The van der Waals surface area contributed by atoms with E-state index in [9.17, 15) is 9.59 Å². The third-order valence-corrected chi connectivity index (χ3v) is 6.04. The topological polar surface area (TPSA) is 52.6 Å². The molecule has 0 fully saturated rings. The Morgan fingerprint density at radius 3 is 1.90 bits per heavy atom. The average molecular weight is 427 g/mol. The summed E-state index contributed by atoms with van der Waals surface area (Å²) in [4.78, 5) is 33.8. The van der Waals surface area contributed by atoms with Crippen LogP contribution in [0.4, 0.5) is 0 Å². The molecule has 3 atom stereocenters. The third-order valence-electron chi connectivity index (χ3n) is 6.04. The van der Waals surface area contributed by atoms with E-state index in [-0.39, 0.29) is 6.10 Å². The second kappa shape index (κ2) is 20.2. The van der Waals surface area contributed by atoms with E-state index in [1.54, 1.807) is 0 Å². The van der Waals surface area contributed by atoms with E-state index in [1.807, 2.05) is 6.92 Å². The number of hydrogen-bond donors (Lipinski definition) is 0. The van der Waals surface area contributed by atoms with Crippen molar-refractivity contribution >= 4 is 12.6 Å². The van der Waals surface area contributed by atoms with Gasteiger partial charge >= 0.3 is 0 Å². The Kier molecular flexibility index (Phi) is 19.7. The van der Waals surface area contributed by atoms with Gasteiger partial charge in [0.2, 0.25) is 0 Å². The molecule has 0 aromatic carbocycles. The molecule has 0 heterocycles. The smallest absolute Gasteiger partial charge is 0.156 e. The maximum absolute atomic E-state index is 11.7. The monoisotopic (exact) mass is 426 g/mol. The van der Waals surface area contributed by atoms with Gasteiger partial charge in [0.05, 0.1) is 6.10 Å². The number of unbranched alkanes of at least 4 members (excludes halogenated alkanes) is 9. The molecule has 0 saturated heterocycles. The van der Waals surface area contributed by atoms with Crippen LogP contribution in [-0.2, 0) is 19.4 Å². The third kappa shape index (κ3) is 17.0. The molecule has 0 radical (unpaired) electrons. The van der Waals surface area contributed by atoms with E-state index >= 15 is 0 Å². The van der Waals surface area contributed by atoms with Gasteiger partial charge in [0, 0.05) is 6.42 Å². The van der Waals surface area contributed by atoms with Crippen molar-refractivity contribution in [3.05, 3.63) is 0 Å². The van der Waals surface area contributed by atoms with Gasteiger partial charge in [0.15, 0.2) is 11.9 Å². The lowest BCUT2D eigenvalue weighted by atomic mass is 9.92. The molecular weight excluding hydrogens is 376 g/mol. The number of carbonyl (C=O) groups is 2. The minimum absolute atomic E-state index is 0.0400. The molecule has 4 heteroatoms. The van der Waals surface area contributed by atoms with Crippen LogP contribution in [-0.4, -0.2) is 24.3 Å². The summed E-state index contributed by atoms with van der Waals surface area (Å²) in [6.45, 7) is 8.55. The Hall–Kier alpha value is -0.740. The summed E-state index contributed by atoms with van der Waals surface area (Å²) >= 11 is 0. The van der Waals surface area contributed by atoms with E-state index in [1.165, 1.54) is 64.2 Å². The van der Waals surface area contributed by atoms with E-state index < -0.39 is 5.60 Å². The van der Waals surface area contributed by atoms with Gasteiger partial charge in [-0.1, -0.05) is 91.4 Å². The molecule has 0 bridgehead atoms. The van der Waals surface area contributed by atoms with Gasteiger partial charge in [-0.15, -0.1) is 0 Å². The zero-order valence-corrected chi connectivity index (χ0v) is 20.5. The quantitative estimate of drug-likeness (QED) is 0.0724. The van der Waals surface area contributed by atoms with E-state index in [4.69, 9.17) is 9.78 Å². The minimum Gasteiger partial charge on any atom is -0.303 e. The second-order valence-corrected chi connectivity index (χ2v) is 9.38. The van der Waals surface area contributed by atoms with Gasteiger partial charge in [0.25, 0.3) is 0 Å². The van der Waals surface area contributed by atoms with Crippen molar-refractivity contribution < 1.29 is 19.4 Å². The molecule has 0 aromatic rings. The fraction of sp³-hybridized carbons (Fsp3) is 0.923. The SMILES string of the molecule is CCCCCCCC(C)CCC(C)(C=O)OOC(CCCC=O)CCCCCCC. The van der Waals surface area contributed by atoms with Crippen LogP contribution in [0.15, 0.2) is 0 Å². The summed E-state index contributed by atoms with van der Waals surface area (Å²) in [5.41, 5.74) is -0.887. The van der Waals surface area contributed by atoms with Gasteiger partial charge in [-0.05, 0) is 44.9 Å². The molecule has 0 N–H and O–H groups in total. The highest BCUT2D eigenvalue weighted by Gasteiger charge is 2.28. The first-order chi connectivity index (χ1) is 14.5. The molecule has 0 saturated carbocycles. The van der Waals surface area contributed by atoms with Crippen molar-refractivity contribution in [2.45, 2.75) is 149 Å². The molecule has 30 heavy (non-hydrogen) atoms. The number of rotatable bonds is 23. The predicted molar refractivity (Wildman–Crippen MR) is 125 cm³/mol. The molecule has 0 aromatic heterocycles. The van der Waals surface area contributed by atoms with Crippen molar-refractivity contribution in [2.24, 2.45) is 5.92 Å². The van der Waals surface area contributed by atoms with Crippen LogP contribution in [0, 0.1) is 5.92 Å². The summed E-state index contributed by atoms with van der Waals surface area (Å²) in [5, 5.41) is 0. The Labute approximate surface area is 186 Å². The van der Waals surface area contributed by atoms with Crippen LogP contribution >= 0.6 is 0 Å². The van der Waals surface area contributed by atoms with Crippen LogP contribution in [0.3, 0.4) is 0 Å². The highest BCUT2D eigenvalue weighted by Crippen LogP contribution is 2.24. The molecule has 0 aliphatic heterocycles. The molecule has 3 unspecified atom stereocenters. The molecule has 4 nitrogen and oxygen atoms in total. The van der Waals surface area contributed by atoms with E-state index in [0.717, 1.165) is 44.7 Å². The lowest BCUT2D eigenvalue weighted by Gasteiger charge is -2.27. The summed E-state index contributed by atoms with van der Waals surface area (Å²) in [6.07, 6.45) is 20.3. The number of carbonyl (C=O) groups excluding carboxylic acids is 2. The van der Waals surface area contributed by atoms with Crippen molar-refractivity contribution in [1.29, 1.82) is 0 Å². The Morgan fingerprint density at radius 1 is 0.767 bits per heavy atom. The fourth-order valence-corrected chi connectivity index (χ4v) is 3.72. The highest BCUT2D eigenvalue weighted by molar-refractivity contribution is 5.61. The second-order valence-electron chi connectivity index (χ2n) is 9.38. The molecule has 0 rings (SSSR count). The highest BCUT2D eigenvalue weighted by atomic mass is 17.2. The Balaban J connectivity index is 4.33. The first-order valence-corrected chi connectivity index (χ1v) is 12.8. The van der Waals surface area contributed by atoms with Gasteiger partial charge in [-0.25, -0.2) is 9.78 Å². The fourth-order valence-electron chi connectivity index (χ4n) is 3.72. The standard InChI is InChI=1S/C26H50O4/c1-5-7-9-11-13-17-24(3)20-21-26(4,23-28)30-29-25(19-15-16-22-27)18-14-12-10-8-6-2/h22-25H,5-21H2,1-4H3. The molecule has 0 spiro atoms. The predicted octanol–water partition coefficient (Wildman–Crippen LogP) is 7.77. The largest absolute Gasteiger partial charge is 0.303 e. The van der Waals surface area contributed by atoms with Crippen LogP contribution < -0.4 is 0 Å². The van der Waals surface area contributed by atoms with Crippen LogP contribution in [0.5, 0.6) is 0 Å². The van der Waals surface area contributed by atoms with Crippen molar-refractivity contribution in [3.8, 4) is 0 Å². The zero-order chi connectivity index (χ0) is 22.5. The molecular formula is C26H50O4. The molecule has 0 aliphatic rings. The Bertz CT molecular complexity index is 398. The van der Waals surface area contributed by atoms with Crippen LogP contribution in [0.1, 0.15) is 137 Å². The summed E-state index contributed by atoms with van der Waals surface area (Å²) in [6, 6.07) is 0. The summed E-state index contributed by atoms with van der Waals surface area (Å²) < 4.78 is 0. The molecule has 178 valence electrons. The van der Waals surface area contributed by atoms with Gasteiger partial charge in [0.1, 0.15) is 6.29 Å². The van der Waals surface area contributed by atoms with Gasteiger partial charge in [-0.2, -0.15) is 0 Å². The van der Waals surface area contributed by atoms with Crippen molar-refractivity contribution in [2.75, 3.05) is 0 Å². The van der Waals surface area contributed by atoms with Crippen LogP contribution in [0.2, 0.25) is 0 Å². The van der Waals surface area contributed by atoms with Crippen molar-refractivity contribution in [3.63, 3.8) is 0 Å². The van der Waals surface area contributed by atoms with Crippen LogP contribution in [0.25, 0.3) is 0 Å². The lowest BCUT2D eigenvalue weighted by Crippen LogP contribution is -2.33. The lowest BCUT2D eigenvalue weighted by molar-refractivity contribution is -0.371. The number of hydrogen-bond acceptors (Lipinski definition) is 4. The zero-order valence-electron chi connectivity index (χ0n) is 20.5. The summed E-state index contributed by atoms with van der Waals surface area (Å²) in [5.74, 6) is 0.594. The van der Waals surface area contributed by atoms with Crippen molar-refractivity contribution in [1.82, 2.24) is 0 Å². The minimum atomic E-state index is -0.887. The first kappa shape index (κ1) is 29.3.